The Morgan fingerprint density at radius 3 is 1.45 bits per heavy atom. The Morgan fingerprint density at radius 2 is 0.885 bits per heavy atom. The molecule has 10 aromatic carbocycles. The van der Waals surface area contributed by atoms with Crippen LogP contribution in [0.5, 0.6) is 0 Å². The van der Waals surface area contributed by atoms with Gasteiger partial charge in [-0.25, -0.2) is 0 Å². The normalized spacial score (nSPS) is 15.2. The molecule has 2 aliphatic heterocycles. The summed E-state index contributed by atoms with van der Waals surface area (Å²) in [5, 5.41) is 6.53. The fourth-order valence-electron chi connectivity index (χ4n) is 14.9. The van der Waals surface area contributed by atoms with E-state index < -0.39 is 8.07 Å². The molecule has 0 bridgehead atoms. The molecule has 432 valence electrons. The van der Waals surface area contributed by atoms with Crippen LogP contribution < -0.4 is 47.1 Å². The fourth-order valence-corrected chi connectivity index (χ4v) is 19.7. The Labute approximate surface area is 518 Å². The zero-order chi connectivity index (χ0) is 60.6. The first-order valence-corrected chi connectivity index (χ1v) is 33.6. The SMILES string of the molecule is CC(C)(C)c1ccc(N2c3cc(-c4cccc([Si](c5ccccc5)(c5ccccc5)c5ccccc5)c4)cc4c3B(c3cc5c(cc3N4c3ccc(C(C)(C)C)cc3-c3ccccc3)C(C)(C)CCC5(C)C)c3oc4ccc(C(C)(C)C)cc4c32)cc1. The number of anilines is 6. The number of hydrogen-bond donors (Lipinski definition) is 0. The van der Waals surface area contributed by atoms with E-state index in [0.29, 0.717) is 0 Å². The summed E-state index contributed by atoms with van der Waals surface area (Å²) < 4.78 is 7.66. The Kier molecular flexibility index (Phi) is 13.2. The van der Waals surface area contributed by atoms with Crippen LogP contribution in [0.3, 0.4) is 0 Å². The van der Waals surface area contributed by atoms with E-state index in [1.165, 1.54) is 81.9 Å². The van der Waals surface area contributed by atoms with Crippen molar-refractivity contribution in [2.75, 3.05) is 9.80 Å². The van der Waals surface area contributed by atoms with Gasteiger partial charge in [0.25, 0.3) is 6.71 Å². The van der Waals surface area contributed by atoms with Crippen molar-refractivity contribution >= 4 is 97.2 Å². The average molecular weight is 1150 g/mol. The molecule has 87 heavy (non-hydrogen) atoms. The summed E-state index contributed by atoms with van der Waals surface area (Å²) in [6.07, 6.45) is 2.22. The Morgan fingerprint density at radius 1 is 0.402 bits per heavy atom. The van der Waals surface area contributed by atoms with Gasteiger partial charge in [0.2, 0.25) is 0 Å². The van der Waals surface area contributed by atoms with Crippen molar-refractivity contribution in [1.29, 1.82) is 0 Å². The van der Waals surface area contributed by atoms with Gasteiger partial charge in [0.05, 0.1) is 17.0 Å². The minimum absolute atomic E-state index is 0.0345. The average Bonchev–Trinajstić information content (AvgIpc) is 1.68. The second-order valence-electron chi connectivity index (χ2n) is 29.6. The molecule has 0 saturated carbocycles. The van der Waals surface area contributed by atoms with Gasteiger partial charge in [0, 0.05) is 33.7 Å². The van der Waals surface area contributed by atoms with E-state index in [1.54, 1.807) is 0 Å². The highest BCUT2D eigenvalue weighted by molar-refractivity contribution is 7.20. The van der Waals surface area contributed by atoms with Crippen molar-refractivity contribution in [2.45, 2.75) is 130 Å². The Bertz CT molecular complexity index is 4350. The molecule has 0 unspecified atom stereocenters. The fraction of sp³-hybridized carbons (Fsp3) is 0.244. The van der Waals surface area contributed by atoms with E-state index in [2.05, 4.69) is 330 Å². The molecule has 1 aromatic heterocycles. The van der Waals surface area contributed by atoms with Crippen LogP contribution in [0, 0.1) is 0 Å². The predicted octanol–water partition coefficient (Wildman–Crippen LogP) is 17.5. The maximum absolute atomic E-state index is 7.66. The van der Waals surface area contributed by atoms with E-state index in [1.807, 2.05) is 0 Å². The van der Waals surface area contributed by atoms with Crippen LogP contribution in [-0.4, -0.2) is 14.8 Å². The Balaban J connectivity index is 1.15. The third-order valence-corrected chi connectivity index (χ3v) is 24.7. The highest BCUT2D eigenvalue weighted by atomic mass is 28.3. The first kappa shape index (κ1) is 56.4. The topological polar surface area (TPSA) is 19.6 Å². The molecule has 3 heterocycles. The number of fused-ring (bicyclic) bond motifs is 7. The minimum Gasteiger partial charge on any atom is -0.468 e. The highest BCUT2D eigenvalue weighted by Crippen LogP contribution is 2.54. The molecule has 3 aliphatic rings. The van der Waals surface area contributed by atoms with Crippen LogP contribution in [0.1, 0.15) is 131 Å². The van der Waals surface area contributed by atoms with Crippen LogP contribution in [0.15, 0.2) is 235 Å². The summed E-state index contributed by atoms with van der Waals surface area (Å²) in [5.74, 6) is 0. The van der Waals surface area contributed by atoms with Crippen molar-refractivity contribution in [3.8, 4) is 22.3 Å². The van der Waals surface area contributed by atoms with Crippen LogP contribution in [0.2, 0.25) is 0 Å². The van der Waals surface area contributed by atoms with Crippen molar-refractivity contribution in [1.82, 2.24) is 0 Å². The molecule has 14 rings (SSSR count). The van der Waals surface area contributed by atoms with Crippen molar-refractivity contribution in [2.24, 2.45) is 0 Å². The van der Waals surface area contributed by atoms with Crippen molar-refractivity contribution in [3.05, 3.63) is 258 Å². The van der Waals surface area contributed by atoms with Crippen LogP contribution in [0.25, 0.3) is 33.2 Å². The van der Waals surface area contributed by atoms with E-state index >= 15 is 0 Å². The van der Waals surface area contributed by atoms with E-state index in [4.69, 9.17) is 4.42 Å². The number of furan rings is 1. The van der Waals surface area contributed by atoms with Crippen molar-refractivity contribution < 1.29 is 4.42 Å². The summed E-state index contributed by atoms with van der Waals surface area (Å²) in [6, 6.07) is 88.9. The molecule has 0 amide bonds. The van der Waals surface area contributed by atoms with Gasteiger partial charge in [-0.1, -0.05) is 266 Å². The van der Waals surface area contributed by atoms with Crippen LogP contribution >= 0.6 is 0 Å². The summed E-state index contributed by atoms with van der Waals surface area (Å²) in [4.78, 5) is 5.28. The van der Waals surface area contributed by atoms with Gasteiger partial charge in [0.15, 0.2) is 8.07 Å². The Hall–Kier alpha value is -8.38. The van der Waals surface area contributed by atoms with Crippen molar-refractivity contribution in [3.63, 3.8) is 0 Å². The van der Waals surface area contributed by atoms with Gasteiger partial charge in [-0.3, -0.25) is 0 Å². The van der Waals surface area contributed by atoms with Gasteiger partial charge in [0.1, 0.15) is 5.58 Å². The molecule has 0 spiro atoms. The van der Waals surface area contributed by atoms with E-state index in [0.717, 1.165) is 63.5 Å². The largest absolute Gasteiger partial charge is 0.468 e. The number of rotatable bonds is 8. The molecule has 0 atom stereocenters. The number of nitrogens with zero attached hydrogens (tertiary/aromatic N) is 2. The van der Waals surface area contributed by atoms with Gasteiger partial charge >= 0.3 is 0 Å². The first-order valence-electron chi connectivity index (χ1n) is 31.6. The lowest BCUT2D eigenvalue weighted by atomic mass is 9.35. The van der Waals surface area contributed by atoms with E-state index in [-0.39, 0.29) is 33.8 Å². The lowest BCUT2D eigenvalue weighted by molar-refractivity contribution is 0.332. The molecule has 0 saturated heterocycles. The van der Waals surface area contributed by atoms with Gasteiger partial charge in [-0.2, -0.15) is 0 Å². The van der Waals surface area contributed by atoms with Crippen LogP contribution in [-0.2, 0) is 27.1 Å². The second kappa shape index (κ2) is 20.4. The molecule has 0 fully saturated rings. The van der Waals surface area contributed by atoms with E-state index in [9.17, 15) is 0 Å². The zero-order valence-electron chi connectivity index (χ0n) is 53.2. The van der Waals surface area contributed by atoms with Crippen LogP contribution in [0.4, 0.5) is 34.1 Å². The third kappa shape index (κ3) is 9.29. The summed E-state index contributed by atoms with van der Waals surface area (Å²) >= 11 is 0. The van der Waals surface area contributed by atoms with Gasteiger partial charge in [-0.05, 0) is 171 Å². The minimum atomic E-state index is -2.94. The molecular formula is C82H81BN2OSi. The summed E-state index contributed by atoms with van der Waals surface area (Å²) in [7, 11) is -2.94. The lowest BCUT2D eigenvalue weighted by Gasteiger charge is -2.47. The standard InChI is InChI=1S/C82H81BN2OSi/c1-78(2,3)57-37-41-60(42-38-57)84-72-48-56(55-29-26-36-64(47-55)87(61-30-20-15-21-31-61,62-32-22-16-23-33-62)63-34-24-17-25-35-63)49-73-75(72)83(77-76(84)66-51-59(80(7,8)9)40-44-74(66)86-77)69-52-67-68(82(12,13)46-45-81(67,10)11)53-71(69)85(73)70-43-39-58(79(4,5)6)50-65(70)54-27-18-14-19-28-54/h14-44,47-53H,45-46H2,1-13H3. The number of hydrogen-bond acceptors (Lipinski definition) is 3. The molecular weight excluding hydrogens is 1070 g/mol. The monoisotopic (exact) mass is 1150 g/mol. The second-order valence-corrected chi connectivity index (χ2v) is 33.4. The quantitative estimate of drug-likeness (QED) is 0.112. The zero-order valence-corrected chi connectivity index (χ0v) is 54.2. The maximum atomic E-state index is 7.66. The highest BCUT2D eigenvalue weighted by Gasteiger charge is 2.50. The molecule has 11 aromatic rings. The molecule has 5 heteroatoms. The molecule has 3 nitrogen and oxygen atoms in total. The molecule has 1 aliphatic carbocycles. The summed E-state index contributed by atoms with van der Waals surface area (Å²) in [6.45, 7) is 30.6. The third-order valence-electron chi connectivity index (χ3n) is 19.9. The summed E-state index contributed by atoms with van der Waals surface area (Å²) in [5.41, 5.74) is 22.5. The predicted molar refractivity (Wildman–Crippen MR) is 376 cm³/mol. The van der Waals surface area contributed by atoms with Gasteiger partial charge < -0.3 is 14.2 Å². The molecule has 0 radical (unpaired) electrons. The van der Waals surface area contributed by atoms with Gasteiger partial charge in [-0.15, -0.1) is 0 Å². The first-order chi connectivity index (χ1) is 41.5. The maximum Gasteiger partial charge on any atom is 0.297 e. The number of benzene rings is 10. The smallest absolute Gasteiger partial charge is 0.297 e. The molecule has 0 N–H and O–H groups in total. The lowest BCUT2D eigenvalue weighted by Crippen LogP contribution is -2.74.